The van der Waals surface area contributed by atoms with Crippen LogP contribution in [-0.4, -0.2) is 6.73 Å². The van der Waals surface area contributed by atoms with Gasteiger partial charge in [-0.3, -0.25) is 0 Å². The average molecular weight is 84.1 g/mol. The molecule has 0 unspecified atom stereocenters. The van der Waals surface area contributed by atoms with Crippen molar-refractivity contribution in [1.82, 2.24) is 5.32 Å². The Labute approximate surface area is 36.8 Å². The minimum atomic E-state index is 0.608. The Balaban J connectivity index is 2.26. The molecule has 6 heavy (non-hydrogen) atoms. The van der Waals surface area contributed by atoms with Gasteiger partial charge in [0.2, 0.25) is 0 Å². The van der Waals surface area contributed by atoms with Crippen LogP contribution in [0.25, 0.3) is 0 Å². The lowest BCUT2D eigenvalue weighted by atomic mass is 10.6. The van der Waals surface area contributed by atoms with Gasteiger partial charge in [-0.05, 0) is 12.3 Å². The average Bonchev–Trinajstić information content (AvgIpc) is 1.72. The molecule has 33 valence electrons. The zero-order valence-corrected chi connectivity index (χ0v) is 3.35. The van der Waals surface area contributed by atoms with E-state index >= 15 is 0 Å². The highest BCUT2D eigenvalue weighted by molar-refractivity contribution is 4.89. The predicted molar refractivity (Wildman–Crippen MR) is 22.5 cm³/mol. The zero-order valence-electron chi connectivity index (χ0n) is 3.35. The van der Waals surface area contributed by atoms with Gasteiger partial charge in [-0.25, -0.2) is 0 Å². The Morgan fingerprint density at radius 2 is 2.67 bits per heavy atom. The second kappa shape index (κ2) is 1.82. The van der Waals surface area contributed by atoms with E-state index in [1.165, 1.54) is 0 Å². The van der Waals surface area contributed by atoms with Crippen LogP contribution in [0.15, 0.2) is 12.3 Å². The summed E-state index contributed by atoms with van der Waals surface area (Å²) in [5, 5.41) is 2.85. The molecule has 0 spiro atoms. The van der Waals surface area contributed by atoms with Gasteiger partial charge in [0.25, 0.3) is 0 Å². The van der Waals surface area contributed by atoms with Gasteiger partial charge in [0, 0.05) is 0 Å². The van der Waals surface area contributed by atoms with Crippen molar-refractivity contribution in [3.8, 4) is 0 Å². The summed E-state index contributed by atoms with van der Waals surface area (Å²) in [4.78, 5) is 0. The molecule has 0 saturated carbocycles. The maximum Gasteiger partial charge on any atom is 0.117 e. The van der Waals surface area contributed by atoms with E-state index in [0.717, 1.165) is 0 Å². The third-order valence-electron chi connectivity index (χ3n) is 0.556. The first-order chi connectivity index (χ1) is 3.00. The van der Waals surface area contributed by atoms with Gasteiger partial charge >= 0.3 is 0 Å². The van der Waals surface area contributed by atoms with E-state index < -0.39 is 0 Å². The van der Waals surface area contributed by atoms with Crippen LogP contribution in [0.3, 0.4) is 0 Å². The van der Waals surface area contributed by atoms with Crippen LogP contribution in [0.2, 0.25) is 0 Å². The molecule has 0 fully saturated rings. The zero-order chi connectivity index (χ0) is 4.24. The van der Waals surface area contributed by atoms with Crippen LogP contribution >= 0.6 is 0 Å². The van der Waals surface area contributed by atoms with E-state index in [9.17, 15) is 0 Å². The van der Waals surface area contributed by atoms with Gasteiger partial charge in [-0.15, -0.1) is 0 Å². The van der Waals surface area contributed by atoms with E-state index in [0.29, 0.717) is 6.73 Å². The van der Waals surface area contributed by atoms with E-state index in [4.69, 9.17) is 4.74 Å². The first-order valence-electron chi connectivity index (χ1n) is 1.83. The highest BCUT2D eigenvalue weighted by Crippen LogP contribution is 1.85. The Morgan fingerprint density at radius 1 is 1.67 bits per heavy atom. The first-order valence-corrected chi connectivity index (χ1v) is 1.83. The van der Waals surface area contributed by atoms with Gasteiger partial charge in [0.05, 0.1) is 0 Å². The molecule has 0 amide bonds. The highest BCUT2D eigenvalue weighted by Gasteiger charge is 1.84. The van der Waals surface area contributed by atoms with Gasteiger partial charge in [-0.2, -0.15) is 0 Å². The lowest BCUT2D eigenvalue weighted by molar-refractivity contribution is 0.194. The molecule has 1 rings (SSSR count). The van der Waals surface area contributed by atoms with E-state index in [2.05, 4.69) is 5.32 Å². The van der Waals surface area contributed by atoms with Crippen molar-refractivity contribution in [1.29, 1.82) is 0 Å². The summed E-state index contributed by atoms with van der Waals surface area (Å²) >= 11 is 0. The van der Waals surface area contributed by atoms with Crippen molar-refractivity contribution >= 4 is 0 Å². The Hall–Kier alpha value is -0.500. The molecule has 0 bridgehead atoms. The third-order valence-corrected chi connectivity index (χ3v) is 0.556. The van der Waals surface area contributed by atoms with Crippen molar-refractivity contribution in [3.63, 3.8) is 0 Å². The normalized spacial score (nSPS) is 20.0. The van der Waals surface area contributed by atoms with Crippen molar-refractivity contribution in [3.05, 3.63) is 18.9 Å². The van der Waals surface area contributed by atoms with Crippen LogP contribution in [0.4, 0.5) is 0 Å². The van der Waals surface area contributed by atoms with Crippen molar-refractivity contribution < 1.29 is 4.74 Å². The van der Waals surface area contributed by atoms with E-state index in [1.807, 2.05) is 12.3 Å². The van der Waals surface area contributed by atoms with Crippen molar-refractivity contribution in [2.24, 2.45) is 0 Å². The molecule has 1 radical (unpaired) electrons. The topological polar surface area (TPSA) is 21.3 Å². The summed E-state index contributed by atoms with van der Waals surface area (Å²) < 4.78 is 4.75. The molecule has 0 aromatic rings. The molecule has 0 aromatic carbocycles. The molecule has 2 nitrogen and oxygen atoms in total. The second-order valence-corrected chi connectivity index (χ2v) is 1.01. The van der Waals surface area contributed by atoms with Crippen LogP contribution in [-0.2, 0) is 4.74 Å². The Bertz CT molecular complexity index is 52.6. The summed E-state index contributed by atoms with van der Waals surface area (Å²) in [5.41, 5.74) is 0. The number of nitrogens with one attached hydrogen (secondary N) is 1. The molecule has 2 heteroatoms. The maximum absolute atomic E-state index is 4.75. The minimum Gasteiger partial charge on any atom is -0.369 e. The SMILES string of the molecule is [CH]1C=CNCO1. The van der Waals surface area contributed by atoms with Crippen LogP contribution in [0.1, 0.15) is 0 Å². The molecule has 1 aliphatic heterocycles. The Morgan fingerprint density at radius 3 is 2.83 bits per heavy atom. The fourth-order valence-corrected chi connectivity index (χ4v) is 0.307. The van der Waals surface area contributed by atoms with Crippen LogP contribution in [0.5, 0.6) is 0 Å². The van der Waals surface area contributed by atoms with Gasteiger partial charge in [0.1, 0.15) is 13.3 Å². The van der Waals surface area contributed by atoms with Gasteiger partial charge in [0.15, 0.2) is 0 Å². The second-order valence-electron chi connectivity index (χ2n) is 1.01. The number of hydrogen-bond donors (Lipinski definition) is 1. The summed E-state index contributed by atoms with van der Waals surface area (Å²) in [5.74, 6) is 0. The molecule has 0 atom stereocenters. The lowest BCUT2D eigenvalue weighted by Crippen LogP contribution is -2.12. The van der Waals surface area contributed by atoms with Crippen LogP contribution < -0.4 is 5.32 Å². The van der Waals surface area contributed by atoms with Crippen molar-refractivity contribution in [2.75, 3.05) is 6.73 Å². The molecule has 0 aromatic heterocycles. The first kappa shape index (κ1) is 3.68. The third kappa shape index (κ3) is 0.723. The minimum absolute atomic E-state index is 0.608. The molecule has 0 saturated heterocycles. The fourth-order valence-electron chi connectivity index (χ4n) is 0.307. The monoisotopic (exact) mass is 84.0 g/mol. The van der Waals surface area contributed by atoms with E-state index in [-0.39, 0.29) is 0 Å². The summed E-state index contributed by atoms with van der Waals surface area (Å²) in [6.45, 7) is 2.26. The number of rotatable bonds is 0. The largest absolute Gasteiger partial charge is 0.369 e. The molecular weight excluding hydrogens is 78.0 g/mol. The predicted octanol–water partition coefficient (Wildman–Crippen LogP) is 0.239. The number of ether oxygens (including phenoxy) is 1. The summed E-state index contributed by atoms with van der Waals surface area (Å²) in [6.07, 6.45) is 3.65. The van der Waals surface area contributed by atoms with Gasteiger partial charge in [-0.1, -0.05) is 0 Å². The lowest BCUT2D eigenvalue weighted by Gasteiger charge is -2.03. The summed E-state index contributed by atoms with van der Waals surface area (Å²) in [7, 11) is 0. The smallest absolute Gasteiger partial charge is 0.117 e. The molecule has 0 aliphatic carbocycles. The molecule has 1 heterocycles. The maximum atomic E-state index is 4.75. The number of hydrogen-bond acceptors (Lipinski definition) is 2. The molecule has 1 N–H and O–H groups in total. The van der Waals surface area contributed by atoms with Crippen molar-refractivity contribution in [2.45, 2.75) is 0 Å². The summed E-state index contributed by atoms with van der Waals surface area (Å²) in [6, 6.07) is 0. The molecular formula is C4H6NO. The molecule has 1 aliphatic rings. The highest BCUT2D eigenvalue weighted by atomic mass is 16.5. The standard InChI is InChI=1S/C4H6NO/c1-2-5-4-6-3-1/h1-3,5H,4H2. The quantitative estimate of drug-likeness (QED) is 0.454. The van der Waals surface area contributed by atoms with Gasteiger partial charge < -0.3 is 10.1 Å². The fraction of sp³-hybridized carbons (Fsp3) is 0.250. The Kier molecular flexibility index (Phi) is 1.12. The van der Waals surface area contributed by atoms with E-state index in [1.54, 1.807) is 6.61 Å². The van der Waals surface area contributed by atoms with Crippen LogP contribution in [0, 0.1) is 6.61 Å².